The summed E-state index contributed by atoms with van der Waals surface area (Å²) in [7, 11) is 3.26. The van der Waals surface area contributed by atoms with Crippen LogP contribution in [0.15, 0.2) is 35.4 Å². The second kappa shape index (κ2) is 4.74. The molecule has 0 atom stereocenters. The number of hydrogen-bond acceptors (Lipinski definition) is 4. The molecule has 0 saturated carbocycles. The Bertz CT molecular complexity index is 559. The molecule has 0 saturated heterocycles. The van der Waals surface area contributed by atoms with Crippen molar-refractivity contribution in [2.24, 2.45) is 10.9 Å². The van der Waals surface area contributed by atoms with Crippen LogP contribution in [0, 0.1) is 0 Å². The van der Waals surface area contributed by atoms with Gasteiger partial charge in [0.25, 0.3) is 0 Å². The third-order valence-electron chi connectivity index (χ3n) is 2.65. The lowest BCUT2D eigenvalue weighted by atomic mass is 10.0. The molecule has 0 aliphatic heterocycles. The molecule has 0 aliphatic carbocycles. The van der Waals surface area contributed by atoms with E-state index in [1.165, 1.54) is 0 Å². The predicted molar refractivity (Wildman–Crippen MR) is 68.8 cm³/mol. The summed E-state index contributed by atoms with van der Waals surface area (Å²) in [6, 6.07) is 9.72. The standard InChI is InChI=1S/C13H14N2O2/c1-16-10-5-3-9-4-6-13(17-2)12(8-15-14)11(9)7-10/h3-8H,14H2,1-2H3. The van der Waals surface area contributed by atoms with Gasteiger partial charge in [-0.2, -0.15) is 5.10 Å². The van der Waals surface area contributed by atoms with Crippen molar-refractivity contribution in [1.82, 2.24) is 0 Å². The molecular weight excluding hydrogens is 216 g/mol. The van der Waals surface area contributed by atoms with Crippen LogP contribution < -0.4 is 15.3 Å². The molecule has 2 N–H and O–H groups in total. The van der Waals surface area contributed by atoms with Crippen molar-refractivity contribution in [3.8, 4) is 11.5 Å². The first-order valence-electron chi connectivity index (χ1n) is 5.18. The smallest absolute Gasteiger partial charge is 0.128 e. The number of methoxy groups -OCH3 is 2. The van der Waals surface area contributed by atoms with Crippen LogP contribution in [-0.2, 0) is 0 Å². The number of benzene rings is 2. The van der Waals surface area contributed by atoms with Gasteiger partial charge in [-0.1, -0.05) is 12.1 Å². The lowest BCUT2D eigenvalue weighted by molar-refractivity contribution is 0.413. The van der Waals surface area contributed by atoms with Crippen molar-refractivity contribution in [2.45, 2.75) is 0 Å². The van der Waals surface area contributed by atoms with Crippen LogP contribution in [0.1, 0.15) is 5.56 Å². The minimum Gasteiger partial charge on any atom is -0.497 e. The number of hydrazone groups is 1. The molecule has 0 amide bonds. The largest absolute Gasteiger partial charge is 0.497 e. The zero-order valence-electron chi connectivity index (χ0n) is 9.81. The van der Waals surface area contributed by atoms with E-state index in [4.69, 9.17) is 15.3 Å². The normalized spacial score (nSPS) is 10.9. The Morgan fingerprint density at radius 1 is 1.12 bits per heavy atom. The van der Waals surface area contributed by atoms with Crippen LogP contribution in [0.4, 0.5) is 0 Å². The van der Waals surface area contributed by atoms with Crippen molar-refractivity contribution in [1.29, 1.82) is 0 Å². The van der Waals surface area contributed by atoms with E-state index in [1.54, 1.807) is 20.4 Å². The molecule has 17 heavy (non-hydrogen) atoms. The molecule has 0 spiro atoms. The van der Waals surface area contributed by atoms with Gasteiger partial charge in [-0.25, -0.2) is 0 Å². The lowest BCUT2D eigenvalue weighted by Gasteiger charge is -2.09. The Labute approximate surface area is 99.6 Å². The van der Waals surface area contributed by atoms with Crippen molar-refractivity contribution >= 4 is 17.0 Å². The molecule has 0 bridgehead atoms. The average molecular weight is 230 g/mol. The van der Waals surface area contributed by atoms with Crippen LogP contribution in [0.2, 0.25) is 0 Å². The summed E-state index contributed by atoms with van der Waals surface area (Å²) >= 11 is 0. The van der Waals surface area contributed by atoms with Gasteiger partial charge in [-0.05, 0) is 29.0 Å². The molecular formula is C13H14N2O2. The van der Waals surface area contributed by atoms with Gasteiger partial charge >= 0.3 is 0 Å². The van der Waals surface area contributed by atoms with Gasteiger partial charge in [0, 0.05) is 5.56 Å². The van der Waals surface area contributed by atoms with Crippen molar-refractivity contribution in [3.05, 3.63) is 35.9 Å². The lowest BCUT2D eigenvalue weighted by Crippen LogP contribution is -1.95. The molecule has 0 aromatic heterocycles. The molecule has 4 heteroatoms. The van der Waals surface area contributed by atoms with E-state index in [-0.39, 0.29) is 0 Å². The maximum Gasteiger partial charge on any atom is 0.128 e. The van der Waals surface area contributed by atoms with Crippen LogP contribution in [0.25, 0.3) is 10.8 Å². The monoisotopic (exact) mass is 230 g/mol. The maximum absolute atomic E-state index is 5.29. The van der Waals surface area contributed by atoms with Gasteiger partial charge in [0.05, 0.1) is 20.4 Å². The zero-order valence-corrected chi connectivity index (χ0v) is 9.81. The summed E-state index contributed by atoms with van der Waals surface area (Å²) < 4.78 is 10.5. The Hall–Kier alpha value is -2.23. The van der Waals surface area contributed by atoms with E-state index in [0.717, 1.165) is 27.8 Å². The second-order valence-corrected chi connectivity index (χ2v) is 3.55. The predicted octanol–water partition coefficient (Wildman–Crippen LogP) is 2.15. The van der Waals surface area contributed by atoms with Crippen LogP contribution in [0.3, 0.4) is 0 Å². The average Bonchev–Trinajstić information content (AvgIpc) is 2.39. The molecule has 0 radical (unpaired) electrons. The van der Waals surface area contributed by atoms with Gasteiger partial charge in [0.2, 0.25) is 0 Å². The van der Waals surface area contributed by atoms with E-state index in [2.05, 4.69) is 5.10 Å². The zero-order chi connectivity index (χ0) is 12.3. The Morgan fingerprint density at radius 2 is 1.88 bits per heavy atom. The summed E-state index contributed by atoms with van der Waals surface area (Å²) in [6.45, 7) is 0. The van der Waals surface area contributed by atoms with E-state index in [1.807, 2.05) is 30.3 Å². The molecule has 2 aromatic rings. The minimum atomic E-state index is 0.736. The molecule has 0 aliphatic rings. The Balaban J connectivity index is 2.76. The van der Waals surface area contributed by atoms with E-state index >= 15 is 0 Å². The van der Waals surface area contributed by atoms with Gasteiger partial charge in [-0.3, -0.25) is 0 Å². The number of rotatable bonds is 3. The van der Waals surface area contributed by atoms with Gasteiger partial charge < -0.3 is 15.3 Å². The SMILES string of the molecule is COc1ccc2ccc(OC)c(C=NN)c2c1. The van der Waals surface area contributed by atoms with E-state index in [0.29, 0.717) is 0 Å². The first-order valence-corrected chi connectivity index (χ1v) is 5.18. The highest BCUT2D eigenvalue weighted by Gasteiger charge is 2.07. The third-order valence-corrected chi connectivity index (χ3v) is 2.65. The molecule has 0 heterocycles. The van der Waals surface area contributed by atoms with Crippen LogP contribution in [-0.4, -0.2) is 20.4 Å². The van der Waals surface area contributed by atoms with E-state index in [9.17, 15) is 0 Å². The number of ether oxygens (including phenoxy) is 2. The van der Waals surface area contributed by atoms with Crippen LogP contribution in [0.5, 0.6) is 11.5 Å². The molecule has 0 unspecified atom stereocenters. The summed E-state index contributed by atoms with van der Waals surface area (Å²) in [5.41, 5.74) is 0.853. The third kappa shape index (κ3) is 2.01. The highest BCUT2D eigenvalue weighted by molar-refractivity contribution is 6.02. The number of hydrogen-bond donors (Lipinski definition) is 1. The molecule has 2 aromatic carbocycles. The van der Waals surface area contributed by atoms with Gasteiger partial charge in [-0.15, -0.1) is 0 Å². The van der Waals surface area contributed by atoms with Crippen LogP contribution >= 0.6 is 0 Å². The van der Waals surface area contributed by atoms with Crippen molar-refractivity contribution < 1.29 is 9.47 Å². The first-order chi connectivity index (χ1) is 8.30. The molecule has 0 fully saturated rings. The molecule has 2 rings (SSSR count). The maximum atomic E-state index is 5.29. The second-order valence-electron chi connectivity index (χ2n) is 3.55. The fraction of sp³-hybridized carbons (Fsp3) is 0.154. The van der Waals surface area contributed by atoms with E-state index < -0.39 is 0 Å². The Morgan fingerprint density at radius 3 is 2.53 bits per heavy atom. The first kappa shape index (κ1) is 11.3. The minimum absolute atomic E-state index is 0.736. The highest BCUT2D eigenvalue weighted by atomic mass is 16.5. The molecule has 4 nitrogen and oxygen atoms in total. The Kier molecular flexibility index (Phi) is 3.14. The topological polar surface area (TPSA) is 56.8 Å². The number of nitrogens with zero attached hydrogens (tertiary/aromatic N) is 1. The quantitative estimate of drug-likeness (QED) is 0.499. The fourth-order valence-electron chi connectivity index (χ4n) is 1.81. The number of nitrogens with two attached hydrogens (primary N) is 1. The summed E-state index contributed by atoms with van der Waals surface area (Å²) in [5, 5.41) is 5.66. The van der Waals surface area contributed by atoms with Gasteiger partial charge in [0.15, 0.2) is 0 Å². The summed E-state index contributed by atoms with van der Waals surface area (Å²) in [4.78, 5) is 0. The molecule has 88 valence electrons. The van der Waals surface area contributed by atoms with Crippen molar-refractivity contribution in [2.75, 3.05) is 14.2 Å². The summed E-state index contributed by atoms with van der Waals surface area (Å²) in [6.07, 6.45) is 1.58. The summed E-state index contributed by atoms with van der Waals surface area (Å²) in [5.74, 6) is 6.75. The fourth-order valence-corrected chi connectivity index (χ4v) is 1.81. The number of fused-ring (bicyclic) bond motifs is 1. The highest BCUT2D eigenvalue weighted by Crippen LogP contribution is 2.29. The van der Waals surface area contributed by atoms with Gasteiger partial charge in [0.1, 0.15) is 11.5 Å². The van der Waals surface area contributed by atoms with Crippen molar-refractivity contribution in [3.63, 3.8) is 0 Å².